The van der Waals surface area contributed by atoms with E-state index in [1.807, 2.05) is 0 Å². The van der Waals surface area contributed by atoms with E-state index in [0.717, 1.165) is 11.3 Å². The largest absolute Gasteiger partial charge is 0.481 e. The summed E-state index contributed by atoms with van der Waals surface area (Å²) in [5.41, 5.74) is 2.24. The summed E-state index contributed by atoms with van der Waals surface area (Å²) in [5.74, 6) is -2.21. The number of aryl methyl sites for hydroxylation is 1. The fourth-order valence-corrected chi connectivity index (χ4v) is 2.82. The summed E-state index contributed by atoms with van der Waals surface area (Å²) in [7, 11) is 0. The predicted octanol–water partition coefficient (Wildman–Crippen LogP) is 3.40. The Morgan fingerprint density at radius 1 is 1.43 bits per heavy atom. The summed E-state index contributed by atoms with van der Waals surface area (Å²) in [4.78, 5) is 12.4. The molecule has 1 heterocycles. The molecule has 0 radical (unpaired) electrons. The van der Waals surface area contributed by atoms with Crippen LogP contribution < -0.4 is 4.90 Å². The van der Waals surface area contributed by atoms with Crippen LogP contribution in [-0.2, 0) is 11.2 Å². The number of carboxylic acids is 1. The second-order valence-electron chi connectivity index (χ2n) is 5.52. The molecule has 0 aliphatic carbocycles. The van der Waals surface area contributed by atoms with Gasteiger partial charge in [-0.05, 0) is 37.0 Å². The molecule has 21 heavy (non-hydrogen) atoms. The quantitative estimate of drug-likeness (QED) is 0.930. The van der Waals surface area contributed by atoms with Gasteiger partial charge in [0.15, 0.2) is 0 Å². The van der Waals surface area contributed by atoms with E-state index in [2.05, 4.69) is 0 Å². The molecular formula is C15H18F3NO2. The average Bonchev–Trinajstić information content (AvgIpc) is 2.37. The molecule has 116 valence electrons. The van der Waals surface area contributed by atoms with E-state index in [1.165, 1.54) is 0 Å². The SMILES string of the molecule is Cc1cc(CC(=O)O)ccc1N1CCCC(C(F)(F)F)C1. The summed E-state index contributed by atoms with van der Waals surface area (Å²) < 4.78 is 38.5. The van der Waals surface area contributed by atoms with E-state index < -0.39 is 18.1 Å². The highest BCUT2D eigenvalue weighted by Gasteiger charge is 2.41. The van der Waals surface area contributed by atoms with Crippen LogP contribution >= 0.6 is 0 Å². The van der Waals surface area contributed by atoms with Gasteiger partial charge in [-0.2, -0.15) is 13.2 Å². The lowest BCUT2D eigenvalue weighted by Crippen LogP contribution is -2.42. The van der Waals surface area contributed by atoms with E-state index in [1.54, 1.807) is 30.0 Å². The van der Waals surface area contributed by atoms with Gasteiger partial charge in [0.05, 0.1) is 12.3 Å². The molecule has 3 nitrogen and oxygen atoms in total. The minimum Gasteiger partial charge on any atom is -0.481 e. The first-order valence-corrected chi connectivity index (χ1v) is 6.90. The highest BCUT2D eigenvalue weighted by molar-refractivity contribution is 5.71. The summed E-state index contributed by atoms with van der Waals surface area (Å²) in [5, 5.41) is 8.76. The van der Waals surface area contributed by atoms with Crippen molar-refractivity contribution in [3.05, 3.63) is 29.3 Å². The summed E-state index contributed by atoms with van der Waals surface area (Å²) in [6.07, 6.45) is -3.54. The van der Waals surface area contributed by atoms with Crippen LogP contribution in [0.1, 0.15) is 24.0 Å². The van der Waals surface area contributed by atoms with Crippen LogP contribution in [0.2, 0.25) is 0 Å². The smallest absolute Gasteiger partial charge is 0.393 e. The van der Waals surface area contributed by atoms with Crippen LogP contribution in [-0.4, -0.2) is 30.3 Å². The molecule has 1 aliphatic rings. The molecule has 1 aromatic rings. The average molecular weight is 301 g/mol. The first kappa shape index (κ1) is 15.7. The summed E-state index contributed by atoms with van der Waals surface area (Å²) >= 11 is 0. The highest BCUT2D eigenvalue weighted by Crippen LogP contribution is 2.35. The topological polar surface area (TPSA) is 40.5 Å². The Balaban J connectivity index is 2.16. The van der Waals surface area contributed by atoms with Crippen molar-refractivity contribution < 1.29 is 23.1 Å². The Kier molecular flexibility index (Phi) is 4.44. The van der Waals surface area contributed by atoms with E-state index >= 15 is 0 Å². The maximum Gasteiger partial charge on any atom is 0.393 e. The van der Waals surface area contributed by atoms with Crippen LogP contribution in [0, 0.1) is 12.8 Å². The van der Waals surface area contributed by atoms with Crippen LogP contribution in [0.25, 0.3) is 0 Å². The van der Waals surface area contributed by atoms with Gasteiger partial charge in [-0.15, -0.1) is 0 Å². The highest BCUT2D eigenvalue weighted by atomic mass is 19.4. The molecule has 1 unspecified atom stereocenters. The number of benzene rings is 1. The monoisotopic (exact) mass is 301 g/mol. The van der Waals surface area contributed by atoms with Crippen molar-refractivity contribution in [2.24, 2.45) is 5.92 Å². The second kappa shape index (κ2) is 5.95. The molecular weight excluding hydrogens is 283 g/mol. The number of carboxylic acid groups (broad SMARTS) is 1. The van der Waals surface area contributed by atoms with Crippen molar-refractivity contribution in [2.75, 3.05) is 18.0 Å². The zero-order valence-corrected chi connectivity index (χ0v) is 11.8. The fraction of sp³-hybridized carbons (Fsp3) is 0.533. The lowest BCUT2D eigenvalue weighted by Gasteiger charge is -2.36. The number of hydrogen-bond donors (Lipinski definition) is 1. The minimum absolute atomic E-state index is 0.0252. The lowest BCUT2D eigenvalue weighted by atomic mass is 9.96. The lowest BCUT2D eigenvalue weighted by molar-refractivity contribution is -0.176. The molecule has 0 bridgehead atoms. The van der Waals surface area contributed by atoms with Crippen molar-refractivity contribution in [1.29, 1.82) is 0 Å². The molecule has 1 N–H and O–H groups in total. The number of hydrogen-bond acceptors (Lipinski definition) is 2. The van der Waals surface area contributed by atoms with Crippen LogP contribution in [0.3, 0.4) is 0 Å². The number of anilines is 1. The molecule has 0 amide bonds. The molecule has 1 saturated heterocycles. The molecule has 1 fully saturated rings. The van der Waals surface area contributed by atoms with Gasteiger partial charge in [-0.1, -0.05) is 12.1 Å². The van der Waals surface area contributed by atoms with E-state index in [-0.39, 0.29) is 19.4 Å². The van der Waals surface area contributed by atoms with Gasteiger partial charge < -0.3 is 10.0 Å². The van der Waals surface area contributed by atoms with Crippen LogP contribution in [0.5, 0.6) is 0 Å². The fourth-order valence-electron chi connectivity index (χ4n) is 2.82. The minimum atomic E-state index is -4.16. The predicted molar refractivity (Wildman–Crippen MR) is 73.5 cm³/mol. The number of alkyl halides is 3. The number of nitrogens with zero attached hydrogens (tertiary/aromatic N) is 1. The summed E-state index contributed by atoms with van der Waals surface area (Å²) in [6.45, 7) is 2.38. The second-order valence-corrected chi connectivity index (χ2v) is 5.52. The van der Waals surface area contributed by atoms with Crippen molar-refractivity contribution in [1.82, 2.24) is 0 Å². The zero-order valence-electron chi connectivity index (χ0n) is 11.8. The molecule has 0 spiro atoms. The van der Waals surface area contributed by atoms with Gasteiger partial charge >= 0.3 is 12.1 Å². The van der Waals surface area contributed by atoms with E-state index in [0.29, 0.717) is 18.5 Å². The van der Waals surface area contributed by atoms with E-state index in [9.17, 15) is 18.0 Å². The third kappa shape index (κ3) is 3.89. The molecule has 0 saturated carbocycles. The number of piperidine rings is 1. The van der Waals surface area contributed by atoms with Gasteiger partial charge in [0.2, 0.25) is 0 Å². The number of carbonyl (C=O) groups is 1. The third-order valence-electron chi connectivity index (χ3n) is 3.84. The molecule has 0 aromatic heterocycles. The summed E-state index contributed by atoms with van der Waals surface area (Å²) in [6, 6.07) is 5.14. The van der Waals surface area contributed by atoms with Crippen molar-refractivity contribution in [2.45, 2.75) is 32.4 Å². The Hall–Kier alpha value is -1.72. The van der Waals surface area contributed by atoms with E-state index in [4.69, 9.17) is 5.11 Å². The number of halogens is 3. The van der Waals surface area contributed by atoms with Crippen molar-refractivity contribution in [3.8, 4) is 0 Å². The molecule has 1 aliphatic heterocycles. The van der Waals surface area contributed by atoms with Gasteiger partial charge in [0.1, 0.15) is 0 Å². The van der Waals surface area contributed by atoms with Crippen LogP contribution in [0.4, 0.5) is 18.9 Å². The van der Waals surface area contributed by atoms with Crippen LogP contribution in [0.15, 0.2) is 18.2 Å². The number of rotatable bonds is 3. The number of aliphatic carboxylic acids is 1. The van der Waals surface area contributed by atoms with Gasteiger partial charge in [-0.25, -0.2) is 0 Å². The van der Waals surface area contributed by atoms with Gasteiger partial charge in [0, 0.05) is 18.8 Å². The molecule has 2 rings (SSSR count). The normalized spacial score (nSPS) is 19.6. The third-order valence-corrected chi connectivity index (χ3v) is 3.84. The Bertz CT molecular complexity index is 528. The standard InChI is InChI=1S/C15H18F3NO2/c1-10-7-11(8-14(20)21)4-5-13(10)19-6-2-3-12(9-19)15(16,17)18/h4-5,7,12H,2-3,6,8-9H2,1H3,(H,20,21). The first-order chi connectivity index (χ1) is 9.77. The maximum atomic E-state index is 12.8. The Morgan fingerprint density at radius 3 is 2.71 bits per heavy atom. The first-order valence-electron chi connectivity index (χ1n) is 6.90. The van der Waals surface area contributed by atoms with Crippen molar-refractivity contribution in [3.63, 3.8) is 0 Å². The Labute approximate surface area is 121 Å². The zero-order chi connectivity index (χ0) is 15.6. The molecule has 6 heteroatoms. The van der Waals surface area contributed by atoms with Crippen molar-refractivity contribution >= 4 is 11.7 Å². The maximum absolute atomic E-state index is 12.8. The van der Waals surface area contributed by atoms with Gasteiger partial charge in [0.25, 0.3) is 0 Å². The van der Waals surface area contributed by atoms with Gasteiger partial charge in [-0.3, -0.25) is 4.79 Å². The molecule has 1 aromatic carbocycles. The molecule has 1 atom stereocenters. The Morgan fingerprint density at radius 2 is 2.14 bits per heavy atom.